The van der Waals surface area contributed by atoms with Gasteiger partial charge in [0.25, 0.3) is 0 Å². The summed E-state index contributed by atoms with van der Waals surface area (Å²) >= 11 is -1.53. The van der Waals surface area contributed by atoms with E-state index in [1.54, 1.807) is 0 Å². The van der Waals surface area contributed by atoms with Crippen molar-refractivity contribution in [2.75, 3.05) is 0 Å². The number of hydrogen-bond acceptors (Lipinski definition) is 4. The molecule has 0 N–H and O–H groups in total. The van der Waals surface area contributed by atoms with E-state index in [1.165, 1.54) is 0 Å². The van der Waals surface area contributed by atoms with E-state index in [9.17, 15) is 16.8 Å². The summed E-state index contributed by atoms with van der Waals surface area (Å²) in [7, 11) is -4.73. The zero-order valence-corrected chi connectivity index (χ0v) is 6.41. The van der Waals surface area contributed by atoms with Crippen molar-refractivity contribution in [3.8, 4) is 0 Å². The molecule has 0 aromatic heterocycles. The first-order valence-electron chi connectivity index (χ1n) is 1.03. The van der Waals surface area contributed by atoms with Crippen molar-refractivity contribution in [1.82, 2.24) is 0 Å². The van der Waals surface area contributed by atoms with Crippen molar-refractivity contribution in [1.29, 1.82) is 0 Å². The van der Waals surface area contributed by atoms with Crippen LogP contribution in [0, 0.1) is 0 Å². The Morgan fingerprint density at radius 2 is 1.14 bits per heavy atom. The van der Waals surface area contributed by atoms with E-state index in [0.717, 1.165) is 0 Å². The Bertz CT molecular complexity index is 250. The first-order chi connectivity index (χ1) is 3.13. The van der Waals surface area contributed by atoms with Crippen LogP contribution in [0.3, 0.4) is 0 Å². The van der Waals surface area contributed by atoms with Gasteiger partial charge in [0.05, 0.1) is 0 Å². The predicted molar refractivity (Wildman–Crippen MR) is 23.6 cm³/mol. The van der Waals surface area contributed by atoms with Crippen LogP contribution in [0.25, 0.3) is 0 Å². The van der Waals surface area contributed by atoms with E-state index in [4.69, 9.17) is 0 Å². The minimum absolute atomic E-state index is 1.53. The minimum atomic E-state index is -2.36. The van der Waals surface area contributed by atoms with Gasteiger partial charge in [0, 0.05) is 0 Å². The van der Waals surface area contributed by atoms with E-state index < -0.39 is 29.3 Å². The molecule has 1 radical (unpaired) electrons. The van der Waals surface area contributed by atoms with E-state index in [2.05, 4.69) is 0 Å². The zero-order valence-electron chi connectivity index (χ0n) is 2.90. The maximum atomic E-state index is 9.46. The Labute approximate surface area is 46.4 Å². The van der Waals surface area contributed by atoms with Gasteiger partial charge < -0.3 is 0 Å². The van der Waals surface area contributed by atoms with Crippen molar-refractivity contribution in [3.63, 3.8) is 0 Å². The summed E-state index contributed by atoms with van der Waals surface area (Å²) in [6.07, 6.45) is 0. The second-order valence-corrected chi connectivity index (χ2v) is 8.54. The van der Waals surface area contributed by atoms with E-state index in [-0.39, 0.29) is 0 Å². The normalized spacial score (nSPS) is 6.86. The van der Waals surface area contributed by atoms with E-state index in [1.807, 2.05) is 0 Å². The molecular weight excluding hydrogens is 203 g/mol. The van der Waals surface area contributed by atoms with Crippen LogP contribution in [-0.4, -0.2) is 29.2 Å². The van der Waals surface area contributed by atoms with Gasteiger partial charge in [-0.2, -0.15) is 0 Å². The fourth-order valence-corrected chi connectivity index (χ4v) is 2.32. The molecule has 0 aromatic carbocycles. The second-order valence-electron chi connectivity index (χ2n) is 0.509. The second kappa shape index (κ2) is 3.23. The predicted octanol–water partition coefficient (Wildman–Crippen LogP) is -1.72. The Morgan fingerprint density at radius 1 is 0.857 bits per heavy atom. The quantitative estimate of drug-likeness (QED) is 0.439. The first kappa shape index (κ1) is 7.20. The Kier molecular flexibility index (Phi) is 3.32. The maximum absolute atomic E-state index is 9.46. The van der Waals surface area contributed by atoms with Crippen LogP contribution < -0.4 is 0 Å². The van der Waals surface area contributed by atoms with Gasteiger partial charge in [-0.05, 0) is 0 Å². The van der Waals surface area contributed by atoms with Gasteiger partial charge in [-0.1, -0.05) is 0 Å². The number of rotatable bonds is 0. The van der Waals surface area contributed by atoms with Gasteiger partial charge >= 0.3 is 46.2 Å². The molecule has 4 nitrogen and oxygen atoms in total. The van der Waals surface area contributed by atoms with Crippen LogP contribution in [0.5, 0.6) is 0 Å². The van der Waals surface area contributed by atoms with Crippen LogP contribution in [-0.2, 0) is 16.9 Å². The summed E-state index contributed by atoms with van der Waals surface area (Å²) in [6.45, 7) is 0. The molecule has 0 rings (SSSR count). The van der Waals surface area contributed by atoms with Gasteiger partial charge in [-0.3, -0.25) is 0 Å². The van der Waals surface area contributed by atoms with Crippen LogP contribution in [0.15, 0.2) is 0 Å². The Hall–Kier alpha value is 0.198. The Morgan fingerprint density at radius 3 is 1.14 bits per heavy atom. The van der Waals surface area contributed by atoms with Crippen molar-refractivity contribution in [2.45, 2.75) is 0 Å². The fourth-order valence-electron chi connectivity index (χ4n) is 0.0497. The van der Waals surface area contributed by atoms with Crippen molar-refractivity contribution in [3.05, 3.63) is 0 Å². The molecule has 0 saturated heterocycles. The van der Waals surface area contributed by atoms with Crippen molar-refractivity contribution < 1.29 is 16.8 Å². The summed E-state index contributed by atoms with van der Waals surface area (Å²) < 4.78 is 37.8. The van der Waals surface area contributed by atoms with Crippen LogP contribution >= 0.6 is 0 Å². The topological polar surface area (TPSA) is 68.3 Å². The third-order valence-corrected chi connectivity index (χ3v) is 5.69. The molecule has 0 saturated carbocycles. The molecule has 0 aliphatic carbocycles. The SMILES string of the molecule is O=S(=O)=[As]=S(=O)=O. The molecule has 0 amide bonds. The average molecular weight is 203 g/mol. The summed E-state index contributed by atoms with van der Waals surface area (Å²) in [6, 6.07) is 0. The molecule has 0 spiro atoms. The standard InChI is InChI=1S/AsO4S2/c2-6(3)1-7(4)5. The summed E-state index contributed by atoms with van der Waals surface area (Å²) in [5.41, 5.74) is 0. The third-order valence-electron chi connectivity index (χ3n) is 0.122. The zero-order chi connectivity index (χ0) is 5.86. The molecule has 0 bridgehead atoms. The molecule has 0 aliphatic rings. The van der Waals surface area contributed by atoms with Crippen LogP contribution in [0.4, 0.5) is 0 Å². The summed E-state index contributed by atoms with van der Waals surface area (Å²) in [5.74, 6) is 0. The van der Waals surface area contributed by atoms with E-state index in [0.29, 0.717) is 0 Å². The molecule has 0 aliphatic heterocycles. The summed E-state index contributed by atoms with van der Waals surface area (Å²) in [5, 5.41) is 0. The molecule has 0 aromatic rings. The Balaban J connectivity index is 5.91. The van der Waals surface area contributed by atoms with Crippen molar-refractivity contribution >= 4 is 29.3 Å². The number of hydrogen-bond donors (Lipinski definition) is 0. The van der Waals surface area contributed by atoms with Gasteiger partial charge in [-0.15, -0.1) is 0 Å². The molecule has 7 heavy (non-hydrogen) atoms. The molecule has 0 fully saturated rings. The molecule has 0 unspecified atom stereocenters. The van der Waals surface area contributed by atoms with Crippen LogP contribution in [0.2, 0.25) is 0 Å². The van der Waals surface area contributed by atoms with Gasteiger partial charge in [0.1, 0.15) is 0 Å². The van der Waals surface area contributed by atoms with Gasteiger partial charge in [0.2, 0.25) is 0 Å². The molecule has 7 heteroatoms. The van der Waals surface area contributed by atoms with Gasteiger partial charge in [-0.25, -0.2) is 0 Å². The molecular formula is AsO4S2. The molecule has 0 atom stereocenters. The third kappa shape index (κ3) is 6.20. The van der Waals surface area contributed by atoms with E-state index >= 15 is 0 Å². The van der Waals surface area contributed by atoms with Gasteiger partial charge in [0.15, 0.2) is 0 Å². The molecule has 0 heterocycles. The fraction of sp³-hybridized carbons (Fsp3) is 0. The van der Waals surface area contributed by atoms with Crippen molar-refractivity contribution in [2.24, 2.45) is 0 Å². The monoisotopic (exact) mass is 203 g/mol. The summed E-state index contributed by atoms with van der Waals surface area (Å²) in [4.78, 5) is 0. The first-order valence-corrected chi connectivity index (χ1v) is 7.69. The van der Waals surface area contributed by atoms with Crippen LogP contribution in [0.1, 0.15) is 0 Å². The average Bonchev–Trinajstić information content (AvgIpc) is 1.27. The molecule has 41 valence electrons.